The third kappa shape index (κ3) is 5.21. The lowest BCUT2D eigenvalue weighted by Gasteiger charge is -2.13. The van der Waals surface area contributed by atoms with Crippen LogP contribution in [0.4, 0.5) is 4.39 Å². The standard InChI is InChI=1S/C30H27ClFN5O4S/c1-4-17-9-8-12-22-25(17)26(32)27(36(22)15-24(38)39)29(41)33-14-23-35-34-16(3)37(23)30-20(13-18(5-2)42-30)28(40)19-10-6-7-11-21(19)31/h6-13H,4-5,14-15H2,1-3H3,(H,33,41)(H,38,39)/p-1. The van der Waals surface area contributed by atoms with Crippen molar-refractivity contribution in [1.29, 1.82) is 0 Å². The maximum Gasteiger partial charge on any atom is 0.271 e. The Kier molecular flexibility index (Phi) is 8.24. The highest BCUT2D eigenvalue weighted by Gasteiger charge is 2.27. The second-order valence-corrected chi connectivity index (χ2v) is 11.1. The third-order valence-corrected chi connectivity index (χ3v) is 8.57. The largest absolute Gasteiger partial charge is 0.548 e. The van der Waals surface area contributed by atoms with Crippen molar-refractivity contribution in [3.8, 4) is 5.00 Å². The molecule has 0 unspecified atom stereocenters. The molecule has 1 N–H and O–H groups in total. The molecule has 1 amide bonds. The molecule has 0 aliphatic rings. The van der Waals surface area contributed by atoms with Crippen LogP contribution in [0, 0.1) is 12.7 Å². The molecule has 0 saturated carbocycles. The van der Waals surface area contributed by atoms with E-state index in [0.717, 1.165) is 9.44 Å². The maximum atomic E-state index is 15.7. The molecule has 0 saturated heterocycles. The van der Waals surface area contributed by atoms with Crippen molar-refractivity contribution < 1.29 is 23.9 Å². The lowest BCUT2D eigenvalue weighted by atomic mass is 10.0. The fraction of sp³-hybridized carbons (Fsp3) is 0.233. The van der Waals surface area contributed by atoms with Crippen molar-refractivity contribution in [2.45, 2.75) is 46.7 Å². The number of nitrogens with zero attached hydrogens (tertiary/aromatic N) is 4. The fourth-order valence-corrected chi connectivity index (χ4v) is 6.37. The number of carbonyl (C=O) groups is 3. The molecule has 0 atom stereocenters. The summed E-state index contributed by atoms with van der Waals surface area (Å²) < 4.78 is 18.5. The van der Waals surface area contributed by atoms with Crippen LogP contribution < -0.4 is 10.4 Å². The topological polar surface area (TPSA) is 122 Å². The molecule has 0 aliphatic heterocycles. The number of carboxylic acids is 1. The van der Waals surface area contributed by atoms with Crippen LogP contribution in [-0.2, 0) is 30.7 Å². The molecule has 9 nitrogen and oxygen atoms in total. The van der Waals surface area contributed by atoms with Crippen molar-refractivity contribution in [1.82, 2.24) is 24.6 Å². The Morgan fingerprint density at radius 3 is 2.50 bits per heavy atom. The molecule has 42 heavy (non-hydrogen) atoms. The zero-order chi connectivity index (χ0) is 30.1. The van der Waals surface area contributed by atoms with Crippen LogP contribution in [0.15, 0.2) is 48.5 Å². The van der Waals surface area contributed by atoms with Gasteiger partial charge >= 0.3 is 0 Å². The Balaban J connectivity index is 1.52. The van der Waals surface area contributed by atoms with Crippen LogP contribution in [0.2, 0.25) is 5.02 Å². The van der Waals surface area contributed by atoms with Crippen molar-refractivity contribution in [2.24, 2.45) is 0 Å². The molecule has 0 fully saturated rings. The normalized spacial score (nSPS) is 11.3. The average Bonchev–Trinajstić information content (AvgIpc) is 3.64. The van der Waals surface area contributed by atoms with Crippen LogP contribution in [0.3, 0.4) is 0 Å². The molecule has 0 radical (unpaired) electrons. The second kappa shape index (κ2) is 11.9. The Morgan fingerprint density at radius 2 is 1.81 bits per heavy atom. The van der Waals surface area contributed by atoms with E-state index in [0.29, 0.717) is 51.2 Å². The van der Waals surface area contributed by atoms with E-state index in [9.17, 15) is 19.5 Å². The van der Waals surface area contributed by atoms with Crippen molar-refractivity contribution in [2.75, 3.05) is 0 Å². The summed E-state index contributed by atoms with van der Waals surface area (Å²) >= 11 is 7.72. The van der Waals surface area contributed by atoms with Crippen molar-refractivity contribution >= 4 is 51.5 Å². The molecular formula is C30H26ClFN5O4S-. The molecule has 5 rings (SSSR count). The molecular weight excluding hydrogens is 581 g/mol. The summed E-state index contributed by atoms with van der Waals surface area (Å²) in [6.45, 7) is 4.67. The van der Waals surface area contributed by atoms with Gasteiger partial charge in [-0.15, -0.1) is 21.5 Å². The van der Waals surface area contributed by atoms with Crippen LogP contribution in [0.5, 0.6) is 0 Å². The number of aromatic nitrogens is 4. The Hall–Kier alpha value is -4.35. The van der Waals surface area contributed by atoms with Gasteiger partial charge in [-0.05, 0) is 49.6 Å². The van der Waals surface area contributed by atoms with Gasteiger partial charge in [-0.2, -0.15) is 0 Å². The lowest BCUT2D eigenvalue weighted by molar-refractivity contribution is -0.306. The summed E-state index contributed by atoms with van der Waals surface area (Å²) in [6, 6.07) is 13.6. The molecule has 3 aromatic heterocycles. The summed E-state index contributed by atoms with van der Waals surface area (Å²) in [5, 5.41) is 23.7. The molecule has 12 heteroatoms. The van der Waals surface area contributed by atoms with E-state index in [-0.39, 0.29) is 23.2 Å². The zero-order valence-electron chi connectivity index (χ0n) is 23.0. The summed E-state index contributed by atoms with van der Waals surface area (Å²) in [6.07, 6.45) is 1.17. The van der Waals surface area contributed by atoms with Gasteiger partial charge in [0.1, 0.15) is 16.5 Å². The Morgan fingerprint density at radius 1 is 1.05 bits per heavy atom. The first-order valence-corrected chi connectivity index (χ1v) is 14.5. The van der Waals surface area contributed by atoms with Crippen LogP contribution in [0.1, 0.15) is 62.3 Å². The smallest absolute Gasteiger partial charge is 0.271 e. The van der Waals surface area contributed by atoms with E-state index in [1.165, 1.54) is 11.3 Å². The first-order chi connectivity index (χ1) is 20.2. The van der Waals surface area contributed by atoms with Gasteiger partial charge in [0.15, 0.2) is 17.4 Å². The number of rotatable bonds is 10. The number of aliphatic carboxylic acids is 1. The van der Waals surface area contributed by atoms with Gasteiger partial charge in [0.05, 0.1) is 35.2 Å². The number of nitrogens with one attached hydrogen (secondary N) is 1. The molecule has 2 aromatic carbocycles. The van der Waals surface area contributed by atoms with Crippen molar-refractivity contribution in [3.05, 3.63) is 98.3 Å². The van der Waals surface area contributed by atoms with Crippen molar-refractivity contribution in [3.63, 3.8) is 0 Å². The number of carbonyl (C=O) groups excluding carboxylic acids is 3. The molecule has 3 heterocycles. The second-order valence-electron chi connectivity index (χ2n) is 9.56. The van der Waals surface area contributed by atoms with Gasteiger partial charge in [0.25, 0.3) is 5.91 Å². The van der Waals surface area contributed by atoms with Gasteiger partial charge < -0.3 is 19.8 Å². The van der Waals surface area contributed by atoms with E-state index >= 15 is 4.39 Å². The molecule has 0 aliphatic carbocycles. The highest BCUT2D eigenvalue weighted by molar-refractivity contribution is 7.15. The van der Waals surface area contributed by atoms with Gasteiger partial charge in [0.2, 0.25) is 0 Å². The Labute approximate surface area is 249 Å². The maximum absolute atomic E-state index is 15.7. The molecule has 0 bridgehead atoms. The first-order valence-electron chi connectivity index (χ1n) is 13.3. The number of hydrogen-bond donors (Lipinski definition) is 1. The van der Waals surface area contributed by atoms with E-state index in [1.807, 2.05) is 19.9 Å². The summed E-state index contributed by atoms with van der Waals surface area (Å²) in [4.78, 5) is 39.5. The summed E-state index contributed by atoms with van der Waals surface area (Å²) in [5.74, 6) is -2.59. The number of fused-ring (bicyclic) bond motifs is 1. The first kappa shape index (κ1) is 29.2. The minimum Gasteiger partial charge on any atom is -0.548 e. The van der Waals surface area contributed by atoms with E-state index < -0.39 is 29.9 Å². The fourth-order valence-electron chi connectivity index (χ4n) is 4.99. The number of thiophene rings is 1. The van der Waals surface area contributed by atoms with Crippen LogP contribution in [0.25, 0.3) is 15.9 Å². The van der Waals surface area contributed by atoms with Crippen LogP contribution in [-0.4, -0.2) is 37.0 Å². The third-order valence-electron chi connectivity index (χ3n) is 6.98. The Bertz CT molecular complexity index is 1860. The van der Waals surface area contributed by atoms with Gasteiger partial charge in [-0.25, -0.2) is 4.39 Å². The quantitative estimate of drug-likeness (QED) is 0.235. The number of halogens is 2. The van der Waals surface area contributed by atoms with Gasteiger partial charge in [0, 0.05) is 15.8 Å². The van der Waals surface area contributed by atoms with E-state index in [2.05, 4.69) is 15.5 Å². The molecule has 0 spiro atoms. The van der Waals surface area contributed by atoms with Gasteiger partial charge in [-0.1, -0.05) is 49.7 Å². The summed E-state index contributed by atoms with van der Waals surface area (Å²) in [5.41, 5.74) is 1.27. The average molecular weight is 607 g/mol. The minimum atomic E-state index is -1.46. The number of benzene rings is 2. The molecule has 216 valence electrons. The van der Waals surface area contributed by atoms with E-state index in [4.69, 9.17) is 11.6 Å². The van der Waals surface area contributed by atoms with E-state index in [1.54, 1.807) is 54.0 Å². The number of ketones is 1. The van der Waals surface area contributed by atoms with Gasteiger partial charge in [-0.3, -0.25) is 14.2 Å². The number of aryl methyl sites for hydroxylation is 3. The number of hydrogen-bond acceptors (Lipinski definition) is 7. The SMILES string of the molecule is CCc1cc(C(=O)c2ccccc2Cl)c(-n2c(C)nnc2CNC(=O)c2c(F)c3c(CC)cccc3n2CC(=O)[O-])s1. The summed E-state index contributed by atoms with van der Waals surface area (Å²) in [7, 11) is 0. The number of amides is 1. The molecule has 5 aromatic rings. The highest BCUT2D eigenvalue weighted by Crippen LogP contribution is 2.33. The lowest BCUT2D eigenvalue weighted by Crippen LogP contribution is -2.32. The highest BCUT2D eigenvalue weighted by atomic mass is 35.5. The monoisotopic (exact) mass is 606 g/mol. The zero-order valence-corrected chi connectivity index (χ0v) is 24.6. The predicted octanol–water partition coefficient (Wildman–Crippen LogP) is 4.42. The predicted molar refractivity (Wildman–Crippen MR) is 156 cm³/mol. The minimum absolute atomic E-state index is 0.175. The number of carboxylic acid groups (broad SMARTS) is 1. The van der Waals surface area contributed by atoms with Crippen LogP contribution >= 0.6 is 22.9 Å².